The van der Waals surface area contributed by atoms with Crippen molar-refractivity contribution in [1.82, 2.24) is 24.9 Å². The van der Waals surface area contributed by atoms with Gasteiger partial charge < -0.3 is 10.1 Å². The Morgan fingerprint density at radius 1 is 1.05 bits per heavy atom. The third-order valence-electron chi connectivity index (χ3n) is 7.59. The van der Waals surface area contributed by atoms with E-state index in [0.29, 0.717) is 5.02 Å². The summed E-state index contributed by atoms with van der Waals surface area (Å²) in [7, 11) is 0. The van der Waals surface area contributed by atoms with Crippen molar-refractivity contribution in [2.24, 2.45) is 0 Å². The number of ether oxygens (including phenoxy) is 1. The summed E-state index contributed by atoms with van der Waals surface area (Å²) in [5, 5.41) is 11.0. The number of H-pyrrole nitrogens is 1. The van der Waals surface area contributed by atoms with Crippen LogP contribution in [0.1, 0.15) is 51.2 Å². The van der Waals surface area contributed by atoms with Crippen LogP contribution >= 0.6 is 11.6 Å². The van der Waals surface area contributed by atoms with Gasteiger partial charge in [0.05, 0.1) is 27.6 Å². The van der Waals surface area contributed by atoms with E-state index >= 15 is 0 Å². The number of rotatable bonds is 5. The molecular weight excluding hydrogens is 522 g/mol. The number of benzene rings is 2. The molecule has 0 radical (unpaired) electrons. The first-order valence-corrected chi connectivity index (χ1v) is 13.9. The highest BCUT2D eigenvalue weighted by Gasteiger charge is 2.41. The molecule has 8 heteroatoms. The molecule has 6 rings (SSSR count). The van der Waals surface area contributed by atoms with Gasteiger partial charge in [0, 0.05) is 29.1 Å². The average Bonchev–Trinajstić information content (AvgIpc) is 3.55. The second-order valence-electron chi connectivity index (χ2n) is 11.5. The second-order valence-corrected chi connectivity index (χ2v) is 11.9. The molecule has 0 aliphatic heterocycles. The predicted molar refractivity (Wildman–Crippen MR) is 158 cm³/mol. The van der Waals surface area contributed by atoms with Crippen LogP contribution in [0.5, 0.6) is 0 Å². The highest BCUT2D eigenvalue weighted by atomic mass is 35.5. The van der Waals surface area contributed by atoms with Crippen LogP contribution in [0.2, 0.25) is 5.02 Å². The Labute approximate surface area is 238 Å². The Bertz CT molecular complexity index is 1680. The first-order chi connectivity index (χ1) is 19.2. The number of carbonyl (C=O) groups is 1. The molecule has 7 nitrogen and oxygen atoms in total. The summed E-state index contributed by atoms with van der Waals surface area (Å²) in [5.41, 5.74) is 7.42. The zero-order valence-electron chi connectivity index (χ0n) is 23.1. The topological polar surface area (TPSA) is 84.3 Å². The van der Waals surface area contributed by atoms with Crippen LogP contribution in [0.3, 0.4) is 0 Å². The van der Waals surface area contributed by atoms with Crippen molar-refractivity contribution in [2.75, 3.05) is 0 Å². The summed E-state index contributed by atoms with van der Waals surface area (Å²) in [5.74, 6) is 0. The van der Waals surface area contributed by atoms with Gasteiger partial charge in [-0.25, -0.2) is 9.78 Å². The Kier molecular flexibility index (Phi) is 6.42. The van der Waals surface area contributed by atoms with E-state index in [1.807, 2.05) is 58.2 Å². The van der Waals surface area contributed by atoms with Gasteiger partial charge in [0.15, 0.2) is 0 Å². The number of carbonyl (C=O) groups excluding carboxylic acids is 1. The maximum atomic E-state index is 12.7. The average molecular weight is 554 g/mol. The standard InChI is InChI=1S/C32H32ClN5O2/c1-20-24(33)19-38-28(22-9-6-5-7-10-22)27(35-29(38)26(20)25-15-18-34-37-25)21-11-13-23(14-12-21)32(16-8-17-32)36-30(39)40-31(2,3)4/h5-7,9-15,18-19H,8,16-17H2,1-4H3,(H,34,37)(H,36,39). The van der Waals surface area contributed by atoms with E-state index in [1.54, 1.807) is 6.20 Å². The van der Waals surface area contributed by atoms with E-state index in [9.17, 15) is 4.79 Å². The minimum absolute atomic E-state index is 0.387. The molecule has 0 saturated heterocycles. The number of aromatic amines is 1. The molecule has 1 amide bonds. The predicted octanol–water partition coefficient (Wildman–Crippen LogP) is 7.92. The lowest BCUT2D eigenvalue weighted by Crippen LogP contribution is -2.52. The summed E-state index contributed by atoms with van der Waals surface area (Å²) in [4.78, 5) is 17.8. The molecule has 0 bridgehead atoms. The normalized spacial score (nSPS) is 14.6. The van der Waals surface area contributed by atoms with E-state index in [0.717, 1.165) is 69.8 Å². The molecule has 3 aromatic heterocycles. The third-order valence-corrected chi connectivity index (χ3v) is 7.97. The maximum Gasteiger partial charge on any atom is 0.408 e. The van der Waals surface area contributed by atoms with E-state index in [-0.39, 0.29) is 6.09 Å². The number of nitrogens with one attached hydrogen (secondary N) is 2. The van der Waals surface area contributed by atoms with E-state index in [4.69, 9.17) is 21.3 Å². The molecule has 0 atom stereocenters. The zero-order chi connectivity index (χ0) is 28.1. The van der Waals surface area contributed by atoms with Crippen LogP contribution in [-0.2, 0) is 10.3 Å². The van der Waals surface area contributed by atoms with Crippen LogP contribution in [0, 0.1) is 6.92 Å². The van der Waals surface area contributed by atoms with Crippen LogP contribution in [-0.4, -0.2) is 31.3 Å². The fourth-order valence-corrected chi connectivity index (χ4v) is 5.68. The summed E-state index contributed by atoms with van der Waals surface area (Å²) in [6.07, 6.45) is 6.09. The molecule has 0 spiro atoms. The molecule has 0 unspecified atom stereocenters. The molecule has 40 heavy (non-hydrogen) atoms. The Morgan fingerprint density at radius 2 is 1.77 bits per heavy atom. The van der Waals surface area contributed by atoms with Crippen molar-refractivity contribution in [3.8, 4) is 33.8 Å². The van der Waals surface area contributed by atoms with Crippen molar-refractivity contribution in [3.63, 3.8) is 0 Å². The second kappa shape index (κ2) is 9.82. The van der Waals surface area contributed by atoms with E-state index in [1.165, 1.54) is 0 Å². The number of aromatic nitrogens is 4. The van der Waals surface area contributed by atoms with E-state index in [2.05, 4.69) is 56.3 Å². The summed E-state index contributed by atoms with van der Waals surface area (Å²) >= 11 is 6.77. The lowest BCUT2D eigenvalue weighted by molar-refractivity contribution is 0.0377. The lowest BCUT2D eigenvalue weighted by Gasteiger charge is -2.43. The number of alkyl carbamates (subject to hydrolysis) is 1. The number of amides is 1. The molecule has 204 valence electrons. The van der Waals surface area contributed by atoms with Gasteiger partial charge in [-0.15, -0.1) is 0 Å². The Hall–Kier alpha value is -4.10. The van der Waals surface area contributed by atoms with Crippen LogP contribution in [0.15, 0.2) is 73.1 Å². The Morgan fingerprint density at radius 3 is 2.38 bits per heavy atom. The third kappa shape index (κ3) is 4.64. The monoisotopic (exact) mass is 553 g/mol. The summed E-state index contributed by atoms with van der Waals surface area (Å²) < 4.78 is 7.63. The van der Waals surface area contributed by atoms with Crippen LogP contribution in [0.4, 0.5) is 4.79 Å². The van der Waals surface area contributed by atoms with Crippen molar-refractivity contribution in [1.29, 1.82) is 0 Å². The highest BCUT2D eigenvalue weighted by molar-refractivity contribution is 6.31. The molecule has 2 aromatic carbocycles. The largest absolute Gasteiger partial charge is 0.444 e. The smallest absolute Gasteiger partial charge is 0.408 e. The van der Waals surface area contributed by atoms with E-state index < -0.39 is 11.1 Å². The Balaban J connectivity index is 1.47. The maximum absolute atomic E-state index is 12.7. The van der Waals surface area contributed by atoms with Gasteiger partial charge in [-0.1, -0.05) is 66.2 Å². The number of pyridine rings is 1. The number of fused-ring (bicyclic) bond motifs is 1. The molecule has 3 heterocycles. The van der Waals surface area contributed by atoms with Gasteiger partial charge in [0.1, 0.15) is 11.2 Å². The first-order valence-electron chi connectivity index (χ1n) is 13.5. The summed E-state index contributed by atoms with van der Waals surface area (Å²) in [6, 6.07) is 20.5. The number of imidazole rings is 1. The van der Waals surface area contributed by atoms with Crippen LogP contribution < -0.4 is 5.32 Å². The molecule has 1 aliphatic rings. The summed E-state index contributed by atoms with van der Waals surface area (Å²) in [6.45, 7) is 7.63. The fraction of sp³-hybridized carbons (Fsp3) is 0.281. The number of hydrogen-bond acceptors (Lipinski definition) is 4. The lowest BCUT2D eigenvalue weighted by atomic mass is 9.71. The molecular formula is C32H32ClN5O2. The molecule has 5 aromatic rings. The van der Waals surface area contributed by atoms with Gasteiger partial charge in [-0.2, -0.15) is 5.10 Å². The van der Waals surface area contributed by atoms with Crippen molar-refractivity contribution in [2.45, 2.75) is 58.1 Å². The first kappa shape index (κ1) is 26.1. The van der Waals surface area contributed by atoms with Gasteiger partial charge >= 0.3 is 6.09 Å². The van der Waals surface area contributed by atoms with Crippen molar-refractivity contribution >= 4 is 23.3 Å². The minimum atomic E-state index is -0.549. The number of hydrogen-bond donors (Lipinski definition) is 2. The van der Waals surface area contributed by atoms with Gasteiger partial charge in [0.25, 0.3) is 0 Å². The van der Waals surface area contributed by atoms with Crippen molar-refractivity contribution < 1.29 is 9.53 Å². The number of halogens is 1. The van der Waals surface area contributed by atoms with Crippen molar-refractivity contribution in [3.05, 3.63) is 89.2 Å². The SMILES string of the molecule is Cc1c(Cl)cn2c(-c3ccccc3)c(-c3ccc(C4(NC(=O)OC(C)(C)C)CCC4)cc3)nc2c1-c1ccn[nH]1. The molecule has 1 aliphatic carbocycles. The highest BCUT2D eigenvalue weighted by Crippen LogP contribution is 2.43. The zero-order valence-corrected chi connectivity index (χ0v) is 23.8. The van der Waals surface area contributed by atoms with Gasteiger partial charge in [0.2, 0.25) is 0 Å². The van der Waals surface area contributed by atoms with Gasteiger partial charge in [-0.3, -0.25) is 9.50 Å². The molecule has 2 N–H and O–H groups in total. The molecule has 1 saturated carbocycles. The molecule has 1 fully saturated rings. The minimum Gasteiger partial charge on any atom is -0.444 e. The van der Waals surface area contributed by atoms with Gasteiger partial charge in [-0.05, 0) is 64.2 Å². The quantitative estimate of drug-likeness (QED) is 0.231. The fourth-order valence-electron chi connectivity index (χ4n) is 5.48. The number of nitrogens with zero attached hydrogens (tertiary/aromatic N) is 3. The van der Waals surface area contributed by atoms with Crippen LogP contribution in [0.25, 0.3) is 39.4 Å².